The van der Waals surface area contributed by atoms with Crippen LogP contribution in [0.4, 0.5) is 0 Å². The molecule has 0 aliphatic carbocycles. The van der Waals surface area contributed by atoms with Gasteiger partial charge in [0, 0.05) is 5.92 Å². The van der Waals surface area contributed by atoms with Gasteiger partial charge >= 0.3 is 43.7 Å². The first-order chi connectivity index (χ1) is 4.09. The van der Waals surface area contributed by atoms with Crippen molar-refractivity contribution in [3.8, 4) is 0 Å². The van der Waals surface area contributed by atoms with Gasteiger partial charge in [0.05, 0.1) is 0 Å². The van der Waals surface area contributed by atoms with Crippen molar-refractivity contribution in [1.82, 2.24) is 0 Å². The van der Waals surface area contributed by atoms with E-state index in [1.54, 1.807) is 13.8 Å². The van der Waals surface area contributed by atoms with Crippen LogP contribution in [0, 0.1) is 5.92 Å². The van der Waals surface area contributed by atoms with Crippen molar-refractivity contribution in [2.75, 3.05) is 0 Å². The molecule has 0 aliphatic heterocycles. The molecular formula is C6H12CaO3. The summed E-state index contributed by atoms with van der Waals surface area (Å²) in [4.78, 5) is 20.4. The Labute approximate surface area is 92.8 Å². The Bertz CT molecular complexity index is 141. The molecule has 0 aliphatic rings. The Morgan fingerprint density at radius 3 is 2.10 bits per heavy atom. The average molecular weight is 172 g/mol. The van der Waals surface area contributed by atoms with Crippen LogP contribution >= 0.6 is 0 Å². The van der Waals surface area contributed by atoms with Crippen molar-refractivity contribution in [3.63, 3.8) is 0 Å². The zero-order valence-electron chi connectivity index (χ0n) is 8.26. The maximum atomic E-state index is 10.5. The van der Waals surface area contributed by atoms with E-state index < -0.39 is 11.8 Å². The van der Waals surface area contributed by atoms with Crippen LogP contribution < -0.4 is 0 Å². The summed E-state index contributed by atoms with van der Waals surface area (Å²) in [5.41, 5.74) is 0. The van der Waals surface area contributed by atoms with Crippen molar-refractivity contribution in [2.24, 2.45) is 5.92 Å². The van der Waals surface area contributed by atoms with E-state index in [0.717, 1.165) is 0 Å². The largest absolute Gasteiger partial charge is 2.00 e. The topological polar surface area (TPSA) is 54.4 Å². The number of aliphatic carboxylic acids is 1. The predicted octanol–water partition coefficient (Wildman–Crippen LogP) is 0.530. The maximum absolute atomic E-state index is 10.5. The third-order valence-electron chi connectivity index (χ3n) is 1.27. The van der Waals surface area contributed by atoms with Crippen LogP contribution in [0.15, 0.2) is 0 Å². The predicted molar refractivity (Wildman–Crippen MR) is 40.1 cm³/mol. The molecular weight excluding hydrogens is 160 g/mol. The third-order valence-corrected chi connectivity index (χ3v) is 1.27. The summed E-state index contributed by atoms with van der Waals surface area (Å²) in [6.07, 6.45) is 0.588. The molecule has 1 N–H and O–H groups in total. The minimum Gasteiger partial charge on any atom is -1.00 e. The van der Waals surface area contributed by atoms with Crippen LogP contribution in [-0.4, -0.2) is 54.6 Å². The minimum absolute atomic E-state index is 0. The summed E-state index contributed by atoms with van der Waals surface area (Å²) in [5, 5.41) is 8.13. The molecule has 0 saturated heterocycles. The van der Waals surface area contributed by atoms with Gasteiger partial charge in [-0.25, -0.2) is 4.79 Å². The van der Waals surface area contributed by atoms with E-state index in [2.05, 4.69) is 0 Å². The maximum Gasteiger partial charge on any atom is 2.00 e. The molecule has 0 amide bonds. The van der Waals surface area contributed by atoms with Gasteiger partial charge in [0.25, 0.3) is 0 Å². The molecule has 0 bridgehead atoms. The zero-order valence-corrected chi connectivity index (χ0v) is 8.46. The normalized spacial score (nSPS) is 11.4. The SMILES string of the molecule is CCC(C)C(=O)C(=O)O.[Ca+2].[H-].[H-]. The molecule has 4 heteroatoms. The van der Waals surface area contributed by atoms with E-state index in [1.165, 1.54) is 0 Å². The van der Waals surface area contributed by atoms with E-state index in [-0.39, 0.29) is 46.5 Å². The first kappa shape index (κ1) is 13.0. The average Bonchev–Trinajstić information content (AvgIpc) is 1.84. The van der Waals surface area contributed by atoms with Crippen molar-refractivity contribution in [1.29, 1.82) is 0 Å². The van der Waals surface area contributed by atoms with Gasteiger partial charge in [-0.3, -0.25) is 4.79 Å². The number of hydrogen-bond acceptors (Lipinski definition) is 2. The molecule has 1 atom stereocenters. The van der Waals surface area contributed by atoms with E-state index in [4.69, 9.17) is 5.11 Å². The van der Waals surface area contributed by atoms with Gasteiger partial charge in [0.15, 0.2) is 0 Å². The van der Waals surface area contributed by atoms with Crippen LogP contribution in [0.2, 0.25) is 0 Å². The Morgan fingerprint density at radius 2 is 2.00 bits per heavy atom. The van der Waals surface area contributed by atoms with Crippen LogP contribution in [0.25, 0.3) is 0 Å². The fourth-order valence-corrected chi connectivity index (χ4v) is 0.396. The van der Waals surface area contributed by atoms with E-state index in [0.29, 0.717) is 6.42 Å². The van der Waals surface area contributed by atoms with E-state index in [9.17, 15) is 9.59 Å². The van der Waals surface area contributed by atoms with Gasteiger partial charge in [0.2, 0.25) is 5.78 Å². The molecule has 0 saturated carbocycles. The number of carboxylic acids is 1. The third kappa shape index (κ3) is 4.25. The summed E-state index contributed by atoms with van der Waals surface area (Å²) in [6.45, 7) is 3.39. The van der Waals surface area contributed by atoms with Gasteiger partial charge < -0.3 is 7.96 Å². The van der Waals surface area contributed by atoms with Gasteiger partial charge in [-0.15, -0.1) is 0 Å². The fourth-order valence-electron chi connectivity index (χ4n) is 0.396. The summed E-state index contributed by atoms with van der Waals surface area (Å²) in [6, 6.07) is 0. The van der Waals surface area contributed by atoms with Crippen molar-refractivity contribution >= 4 is 49.5 Å². The summed E-state index contributed by atoms with van der Waals surface area (Å²) in [5.74, 6) is -2.37. The Balaban J connectivity index is -0.000000107. The van der Waals surface area contributed by atoms with Crippen LogP contribution in [0.1, 0.15) is 23.1 Å². The Hall–Kier alpha value is 0.400. The number of carboxylic acid groups (broad SMARTS) is 1. The number of ketones is 1. The minimum atomic E-state index is -1.33. The molecule has 10 heavy (non-hydrogen) atoms. The molecule has 0 aromatic rings. The molecule has 0 fully saturated rings. The molecule has 56 valence electrons. The first-order valence-corrected chi connectivity index (χ1v) is 2.86. The molecule has 0 rings (SSSR count). The number of hydrogen-bond donors (Lipinski definition) is 1. The first-order valence-electron chi connectivity index (χ1n) is 2.86. The quantitative estimate of drug-likeness (QED) is 0.499. The summed E-state index contributed by atoms with van der Waals surface area (Å²) < 4.78 is 0. The number of carbonyl (C=O) groups is 2. The molecule has 0 aromatic carbocycles. The number of rotatable bonds is 3. The number of carbonyl (C=O) groups excluding carboxylic acids is 1. The molecule has 3 nitrogen and oxygen atoms in total. The van der Waals surface area contributed by atoms with Gasteiger partial charge in [-0.2, -0.15) is 0 Å². The smallest absolute Gasteiger partial charge is 1.00 e. The monoisotopic (exact) mass is 172 g/mol. The Morgan fingerprint density at radius 1 is 1.60 bits per heavy atom. The fraction of sp³-hybridized carbons (Fsp3) is 0.667. The number of Topliss-reactive ketones (excluding diaryl/α,β-unsaturated/α-hetero) is 1. The van der Waals surface area contributed by atoms with Crippen LogP contribution in [0.5, 0.6) is 0 Å². The summed E-state index contributed by atoms with van der Waals surface area (Å²) in [7, 11) is 0. The van der Waals surface area contributed by atoms with Crippen molar-refractivity contribution in [2.45, 2.75) is 20.3 Å². The van der Waals surface area contributed by atoms with E-state index >= 15 is 0 Å². The second kappa shape index (κ2) is 6.13. The van der Waals surface area contributed by atoms with Crippen molar-refractivity contribution < 1.29 is 17.5 Å². The zero-order chi connectivity index (χ0) is 7.44. The van der Waals surface area contributed by atoms with Gasteiger partial charge in [-0.05, 0) is 6.42 Å². The molecule has 0 aromatic heterocycles. The molecule has 0 radical (unpaired) electrons. The standard InChI is InChI=1S/C6H10O3.Ca.2H/c1-3-4(2)5(7)6(8)9;;;/h4H,3H2,1-2H3,(H,8,9);;;/q;+2;2*-1. The van der Waals surface area contributed by atoms with Crippen LogP contribution in [0.3, 0.4) is 0 Å². The molecule has 0 heterocycles. The summed E-state index contributed by atoms with van der Waals surface area (Å²) >= 11 is 0. The Kier molecular flexibility index (Phi) is 7.99. The molecule has 1 unspecified atom stereocenters. The second-order valence-electron chi connectivity index (χ2n) is 1.98. The van der Waals surface area contributed by atoms with Crippen LogP contribution in [-0.2, 0) is 9.59 Å². The van der Waals surface area contributed by atoms with E-state index in [1.807, 2.05) is 0 Å². The van der Waals surface area contributed by atoms with Gasteiger partial charge in [0.1, 0.15) is 0 Å². The molecule has 0 spiro atoms. The van der Waals surface area contributed by atoms with Gasteiger partial charge in [-0.1, -0.05) is 13.8 Å². The second-order valence-corrected chi connectivity index (χ2v) is 1.98. The van der Waals surface area contributed by atoms with Crippen molar-refractivity contribution in [3.05, 3.63) is 0 Å².